The van der Waals surface area contributed by atoms with E-state index in [4.69, 9.17) is 4.74 Å². The summed E-state index contributed by atoms with van der Waals surface area (Å²) in [4.78, 5) is 16.4. The van der Waals surface area contributed by atoms with Gasteiger partial charge in [0.1, 0.15) is 5.75 Å². The topological polar surface area (TPSA) is 75.3 Å². The molecule has 3 N–H and O–H groups in total. The van der Waals surface area contributed by atoms with Crippen molar-refractivity contribution in [3.63, 3.8) is 0 Å². The van der Waals surface area contributed by atoms with Gasteiger partial charge in [-0.3, -0.25) is 9.78 Å². The Morgan fingerprint density at radius 2 is 2.00 bits per heavy atom. The van der Waals surface area contributed by atoms with E-state index in [2.05, 4.69) is 21.2 Å². The van der Waals surface area contributed by atoms with Gasteiger partial charge in [-0.05, 0) is 29.8 Å². The van der Waals surface area contributed by atoms with E-state index in [1.54, 1.807) is 31.6 Å². The first-order valence-corrected chi connectivity index (χ1v) is 7.13. The number of hydrogen-bond donors (Lipinski definition) is 3. The summed E-state index contributed by atoms with van der Waals surface area (Å²) in [6.07, 6.45) is 4.14. The fraction of sp³-hybridized carbons (Fsp3) is 0.250. The Balaban J connectivity index is 1.64. The summed E-state index contributed by atoms with van der Waals surface area (Å²) in [6.45, 7) is 0. The van der Waals surface area contributed by atoms with Gasteiger partial charge in [-0.2, -0.15) is 0 Å². The van der Waals surface area contributed by atoms with Crippen LogP contribution in [0.15, 0.2) is 48.8 Å². The van der Waals surface area contributed by atoms with E-state index in [1.165, 1.54) is 0 Å². The Morgan fingerprint density at radius 1 is 1.23 bits per heavy atom. The van der Waals surface area contributed by atoms with Gasteiger partial charge in [0.05, 0.1) is 18.8 Å². The number of carbonyl (C=O) groups is 1. The maximum atomic E-state index is 12.4. The summed E-state index contributed by atoms with van der Waals surface area (Å²) < 4.78 is 5.22. The zero-order chi connectivity index (χ0) is 15.4. The molecule has 6 heteroatoms. The van der Waals surface area contributed by atoms with Gasteiger partial charge in [-0.25, -0.2) is 10.9 Å². The number of benzene rings is 1. The van der Waals surface area contributed by atoms with Crippen LogP contribution in [0.3, 0.4) is 0 Å². The maximum Gasteiger partial charge on any atom is 0.256 e. The van der Waals surface area contributed by atoms with Gasteiger partial charge in [-0.1, -0.05) is 12.1 Å². The molecule has 3 rings (SSSR count). The van der Waals surface area contributed by atoms with Gasteiger partial charge in [0.25, 0.3) is 5.91 Å². The van der Waals surface area contributed by atoms with Crippen molar-refractivity contribution in [2.24, 2.45) is 0 Å². The molecule has 1 aliphatic heterocycles. The second kappa shape index (κ2) is 6.55. The van der Waals surface area contributed by atoms with E-state index in [-0.39, 0.29) is 18.1 Å². The first-order valence-electron chi connectivity index (χ1n) is 7.13. The molecule has 1 aromatic heterocycles. The van der Waals surface area contributed by atoms with Gasteiger partial charge in [0.2, 0.25) is 0 Å². The average Bonchev–Trinajstić information content (AvgIpc) is 3.04. The number of para-hydroxylation sites is 1. The van der Waals surface area contributed by atoms with Crippen LogP contribution in [0.1, 0.15) is 28.4 Å². The lowest BCUT2D eigenvalue weighted by Gasteiger charge is -2.14. The molecule has 2 unspecified atom stereocenters. The number of amides is 1. The highest BCUT2D eigenvalue weighted by molar-refractivity contribution is 5.97. The molecule has 22 heavy (non-hydrogen) atoms. The van der Waals surface area contributed by atoms with Crippen molar-refractivity contribution in [2.75, 3.05) is 7.11 Å². The minimum Gasteiger partial charge on any atom is -0.496 e. The summed E-state index contributed by atoms with van der Waals surface area (Å²) in [5.74, 6) is 0.406. The monoisotopic (exact) mass is 298 g/mol. The highest BCUT2D eigenvalue weighted by Crippen LogP contribution is 2.21. The number of nitrogens with one attached hydrogen (secondary N) is 3. The fourth-order valence-electron chi connectivity index (χ4n) is 2.53. The largest absolute Gasteiger partial charge is 0.496 e. The number of aromatic nitrogens is 1. The van der Waals surface area contributed by atoms with E-state index >= 15 is 0 Å². The minimum atomic E-state index is -0.160. The van der Waals surface area contributed by atoms with Crippen LogP contribution in [-0.4, -0.2) is 24.2 Å². The minimum absolute atomic E-state index is 0.143. The van der Waals surface area contributed by atoms with Crippen molar-refractivity contribution in [3.05, 3.63) is 59.9 Å². The van der Waals surface area contributed by atoms with Gasteiger partial charge in [-0.15, -0.1) is 0 Å². The van der Waals surface area contributed by atoms with Crippen LogP contribution in [0.4, 0.5) is 0 Å². The Morgan fingerprint density at radius 3 is 2.77 bits per heavy atom. The standard InChI is InChI=1S/C16H18N4O2/c1-22-14-5-3-2-4-12(14)16(21)18-15-10-13(19-20-15)11-6-8-17-9-7-11/h2-9,13,15,19-20H,10H2,1H3,(H,18,21). The lowest BCUT2D eigenvalue weighted by molar-refractivity contribution is 0.0929. The molecule has 6 nitrogen and oxygen atoms in total. The van der Waals surface area contributed by atoms with E-state index in [0.717, 1.165) is 12.0 Å². The van der Waals surface area contributed by atoms with E-state index in [1.807, 2.05) is 24.3 Å². The molecule has 0 radical (unpaired) electrons. The molecule has 2 aromatic rings. The van der Waals surface area contributed by atoms with E-state index in [9.17, 15) is 4.79 Å². The number of hydrazine groups is 1. The summed E-state index contributed by atoms with van der Waals surface area (Å²) in [6, 6.07) is 11.2. The maximum absolute atomic E-state index is 12.4. The lowest BCUT2D eigenvalue weighted by Crippen LogP contribution is -2.44. The number of nitrogens with zero attached hydrogens (tertiary/aromatic N) is 1. The zero-order valence-electron chi connectivity index (χ0n) is 12.2. The summed E-state index contributed by atoms with van der Waals surface area (Å²) in [5, 5.41) is 2.96. The number of ether oxygens (including phenoxy) is 1. The first-order chi connectivity index (χ1) is 10.8. The van der Waals surface area contributed by atoms with Gasteiger partial charge in [0.15, 0.2) is 0 Å². The molecule has 2 atom stereocenters. The van der Waals surface area contributed by atoms with Crippen LogP contribution in [0.5, 0.6) is 5.75 Å². The zero-order valence-corrected chi connectivity index (χ0v) is 12.2. The van der Waals surface area contributed by atoms with E-state index < -0.39 is 0 Å². The van der Waals surface area contributed by atoms with Crippen LogP contribution >= 0.6 is 0 Å². The van der Waals surface area contributed by atoms with Gasteiger partial charge in [0, 0.05) is 24.9 Å². The third-order valence-electron chi connectivity index (χ3n) is 3.67. The molecule has 0 bridgehead atoms. The van der Waals surface area contributed by atoms with Crippen molar-refractivity contribution >= 4 is 5.91 Å². The number of rotatable bonds is 4. The van der Waals surface area contributed by atoms with Crippen molar-refractivity contribution in [1.29, 1.82) is 0 Å². The molecule has 0 aliphatic carbocycles. The SMILES string of the molecule is COc1ccccc1C(=O)NC1CC(c2ccncc2)NN1. The molecule has 0 saturated carbocycles. The number of methoxy groups -OCH3 is 1. The lowest BCUT2D eigenvalue weighted by atomic mass is 10.1. The predicted molar refractivity (Wildman–Crippen MR) is 82.1 cm³/mol. The van der Waals surface area contributed by atoms with Crippen LogP contribution in [0.2, 0.25) is 0 Å². The Hall–Kier alpha value is -2.44. The number of carbonyl (C=O) groups excluding carboxylic acids is 1. The molecular weight excluding hydrogens is 280 g/mol. The fourth-order valence-corrected chi connectivity index (χ4v) is 2.53. The predicted octanol–water partition coefficient (Wildman–Crippen LogP) is 1.39. The Labute approximate surface area is 128 Å². The van der Waals surface area contributed by atoms with Crippen LogP contribution in [0, 0.1) is 0 Å². The molecule has 1 amide bonds. The van der Waals surface area contributed by atoms with Crippen molar-refractivity contribution in [1.82, 2.24) is 21.2 Å². The normalized spacial score (nSPS) is 20.6. The molecule has 114 valence electrons. The van der Waals surface area contributed by atoms with Crippen LogP contribution in [-0.2, 0) is 0 Å². The highest BCUT2D eigenvalue weighted by Gasteiger charge is 2.26. The van der Waals surface area contributed by atoms with E-state index in [0.29, 0.717) is 11.3 Å². The van der Waals surface area contributed by atoms with Gasteiger partial charge < -0.3 is 10.1 Å². The smallest absolute Gasteiger partial charge is 0.256 e. The third-order valence-corrected chi connectivity index (χ3v) is 3.67. The molecular formula is C16H18N4O2. The summed E-state index contributed by atoms with van der Waals surface area (Å²) >= 11 is 0. The molecule has 1 aliphatic rings. The van der Waals surface area contributed by atoms with Crippen molar-refractivity contribution in [3.8, 4) is 5.75 Å². The highest BCUT2D eigenvalue weighted by atomic mass is 16.5. The average molecular weight is 298 g/mol. The van der Waals surface area contributed by atoms with Crippen molar-refractivity contribution in [2.45, 2.75) is 18.6 Å². The quantitative estimate of drug-likeness (QED) is 0.795. The number of pyridine rings is 1. The van der Waals surface area contributed by atoms with Crippen LogP contribution in [0.25, 0.3) is 0 Å². The second-order valence-electron chi connectivity index (χ2n) is 5.08. The molecule has 1 saturated heterocycles. The Kier molecular flexibility index (Phi) is 4.32. The second-order valence-corrected chi connectivity index (χ2v) is 5.08. The van der Waals surface area contributed by atoms with Crippen LogP contribution < -0.4 is 20.9 Å². The van der Waals surface area contributed by atoms with Crippen molar-refractivity contribution < 1.29 is 9.53 Å². The number of hydrogen-bond acceptors (Lipinski definition) is 5. The Bertz CT molecular complexity index is 648. The summed E-state index contributed by atoms with van der Waals surface area (Å²) in [5.41, 5.74) is 7.95. The molecule has 1 fully saturated rings. The first kappa shape index (κ1) is 14.5. The summed E-state index contributed by atoms with van der Waals surface area (Å²) in [7, 11) is 1.56. The molecule has 0 spiro atoms. The molecule has 2 heterocycles. The third kappa shape index (κ3) is 3.08. The van der Waals surface area contributed by atoms with Gasteiger partial charge >= 0.3 is 0 Å². The molecule has 1 aromatic carbocycles.